The monoisotopic (exact) mass is 550 g/mol. The van der Waals surface area contributed by atoms with Crippen LogP contribution in [0.4, 0.5) is 17.1 Å². The molecule has 202 valence electrons. The van der Waals surface area contributed by atoms with Crippen molar-refractivity contribution in [3.8, 4) is 11.1 Å². The van der Waals surface area contributed by atoms with Crippen LogP contribution in [0.25, 0.3) is 65.6 Å². The van der Waals surface area contributed by atoms with Crippen molar-refractivity contribution in [3.63, 3.8) is 0 Å². The Hall–Kier alpha value is -5.80. The molecule has 3 heteroatoms. The van der Waals surface area contributed by atoms with Crippen molar-refractivity contribution in [2.75, 3.05) is 4.90 Å². The van der Waals surface area contributed by atoms with E-state index in [1.165, 1.54) is 27.1 Å². The third-order valence-electron chi connectivity index (χ3n) is 8.56. The molecule has 0 saturated heterocycles. The fraction of sp³-hybridized carbons (Fsp3) is 0. The predicted octanol–water partition coefficient (Wildman–Crippen LogP) is 11.5. The van der Waals surface area contributed by atoms with Gasteiger partial charge in [0.05, 0.1) is 5.52 Å². The average molecular weight is 551 g/mol. The maximum Gasteiger partial charge on any atom is 0.160 e. The fourth-order valence-corrected chi connectivity index (χ4v) is 6.65. The minimum atomic E-state index is 0.896. The summed E-state index contributed by atoms with van der Waals surface area (Å²) in [5, 5.41) is 7.09. The summed E-state index contributed by atoms with van der Waals surface area (Å²) in [6.45, 7) is 0. The van der Waals surface area contributed by atoms with E-state index in [1.54, 1.807) is 0 Å². The molecule has 3 nitrogen and oxygen atoms in total. The molecule has 0 bridgehead atoms. The SMILES string of the molecule is c1ccc(-c2ccc3c(c2)oc2c4[nH]c5cc(N(c6ccccc6)c6ccccc6)ccc5c4c4ccccc4c32)cc1. The first-order valence-corrected chi connectivity index (χ1v) is 14.6. The lowest BCUT2D eigenvalue weighted by atomic mass is 9.97. The average Bonchev–Trinajstić information content (AvgIpc) is 3.65. The van der Waals surface area contributed by atoms with Crippen LogP contribution in [-0.2, 0) is 0 Å². The summed E-state index contributed by atoms with van der Waals surface area (Å²) in [6, 6.07) is 53.5. The van der Waals surface area contributed by atoms with Gasteiger partial charge in [0.25, 0.3) is 0 Å². The Morgan fingerprint density at radius 3 is 1.74 bits per heavy atom. The van der Waals surface area contributed by atoms with E-state index in [1.807, 2.05) is 6.07 Å². The Bertz CT molecular complexity index is 2400. The van der Waals surface area contributed by atoms with E-state index in [2.05, 4.69) is 155 Å². The highest BCUT2D eigenvalue weighted by Gasteiger charge is 2.20. The zero-order valence-electron chi connectivity index (χ0n) is 23.3. The van der Waals surface area contributed by atoms with E-state index in [9.17, 15) is 0 Å². The van der Waals surface area contributed by atoms with Crippen molar-refractivity contribution in [2.24, 2.45) is 0 Å². The smallest absolute Gasteiger partial charge is 0.160 e. The number of nitrogens with zero attached hydrogens (tertiary/aromatic N) is 1. The molecular weight excluding hydrogens is 524 g/mol. The third-order valence-corrected chi connectivity index (χ3v) is 8.56. The normalized spacial score (nSPS) is 11.7. The lowest BCUT2D eigenvalue weighted by Crippen LogP contribution is -2.09. The number of fused-ring (bicyclic) bond motifs is 10. The van der Waals surface area contributed by atoms with Crippen molar-refractivity contribution in [3.05, 3.63) is 152 Å². The van der Waals surface area contributed by atoms with E-state index in [-0.39, 0.29) is 0 Å². The molecule has 9 rings (SSSR count). The topological polar surface area (TPSA) is 32.2 Å². The van der Waals surface area contributed by atoms with E-state index in [0.717, 1.165) is 55.6 Å². The molecule has 9 aromatic rings. The molecule has 0 unspecified atom stereocenters. The second-order valence-electron chi connectivity index (χ2n) is 11.0. The van der Waals surface area contributed by atoms with Gasteiger partial charge in [0.1, 0.15) is 5.58 Å². The molecule has 0 fully saturated rings. The quantitative estimate of drug-likeness (QED) is 0.236. The van der Waals surface area contributed by atoms with Crippen LogP contribution < -0.4 is 4.90 Å². The largest absolute Gasteiger partial charge is 0.454 e. The first kappa shape index (κ1) is 23.9. The number of hydrogen-bond acceptors (Lipinski definition) is 2. The van der Waals surface area contributed by atoms with Crippen molar-refractivity contribution < 1.29 is 4.42 Å². The summed E-state index contributed by atoms with van der Waals surface area (Å²) in [5.74, 6) is 0. The van der Waals surface area contributed by atoms with Gasteiger partial charge in [0.2, 0.25) is 0 Å². The standard InChI is InChI=1S/C40H26N2O/c1-4-12-26(13-5-1)27-20-22-34-36(24-27)43-40-38(34)32-19-11-10-18-31(32)37-33-23-21-30(25-35(33)41-39(37)40)42(28-14-6-2-7-15-28)29-16-8-3-9-17-29/h1-25,41H. The van der Waals surface area contributed by atoms with Crippen LogP contribution in [0.5, 0.6) is 0 Å². The Morgan fingerprint density at radius 1 is 0.442 bits per heavy atom. The summed E-state index contributed by atoms with van der Waals surface area (Å²) in [5.41, 5.74) is 9.55. The van der Waals surface area contributed by atoms with Crippen LogP contribution >= 0.6 is 0 Å². The molecule has 0 aliphatic rings. The predicted molar refractivity (Wildman–Crippen MR) is 181 cm³/mol. The lowest BCUT2D eigenvalue weighted by Gasteiger charge is -2.25. The van der Waals surface area contributed by atoms with Crippen molar-refractivity contribution in [1.29, 1.82) is 0 Å². The molecule has 43 heavy (non-hydrogen) atoms. The molecule has 0 atom stereocenters. The van der Waals surface area contributed by atoms with Crippen LogP contribution in [0.1, 0.15) is 0 Å². The van der Waals surface area contributed by atoms with Crippen molar-refractivity contribution in [1.82, 2.24) is 4.98 Å². The van der Waals surface area contributed by atoms with Gasteiger partial charge in [0, 0.05) is 44.1 Å². The maximum absolute atomic E-state index is 6.74. The molecule has 0 aliphatic heterocycles. The molecule has 0 aliphatic carbocycles. The number of benzene rings is 7. The van der Waals surface area contributed by atoms with Crippen LogP contribution in [0, 0.1) is 0 Å². The number of anilines is 3. The Labute approximate surface area is 248 Å². The molecule has 2 heterocycles. The number of aromatic amines is 1. The first-order chi connectivity index (χ1) is 21.3. The summed E-state index contributed by atoms with van der Waals surface area (Å²) in [7, 11) is 0. The molecule has 0 radical (unpaired) electrons. The number of furan rings is 1. The Kier molecular flexibility index (Phi) is 5.20. The number of nitrogens with one attached hydrogen (secondary N) is 1. The third kappa shape index (κ3) is 3.68. The molecule has 7 aromatic carbocycles. The molecule has 0 spiro atoms. The number of rotatable bonds is 4. The van der Waals surface area contributed by atoms with Crippen LogP contribution in [0.15, 0.2) is 156 Å². The number of para-hydroxylation sites is 2. The minimum absolute atomic E-state index is 0.896. The van der Waals surface area contributed by atoms with Gasteiger partial charge in [-0.2, -0.15) is 0 Å². The minimum Gasteiger partial charge on any atom is -0.454 e. The molecule has 1 N–H and O–H groups in total. The summed E-state index contributed by atoms with van der Waals surface area (Å²) < 4.78 is 6.74. The van der Waals surface area contributed by atoms with Crippen LogP contribution in [0.3, 0.4) is 0 Å². The van der Waals surface area contributed by atoms with Crippen LogP contribution in [-0.4, -0.2) is 4.98 Å². The van der Waals surface area contributed by atoms with Gasteiger partial charge in [-0.3, -0.25) is 0 Å². The van der Waals surface area contributed by atoms with Gasteiger partial charge in [-0.25, -0.2) is 0 Å². The van der Waals surface area contributed by atoms with Crippen LogP contribution in [0.2, 0.25) is 0 Å². The Balaban J connectivity index is 1.32. The van der Waals surface area contributed by atoms with Gasteiger partial charge in [-0.1, -0.05) is 103 Å². The Morgan fingerprint density at radius 2 is 1.05 bits per heavy atom. The second-order valence-corrected chi connectivity index (χ2v) is 11.0. The van der Waals surface area contributed by atoms with E-state index < -0.39 is 0 Å². The van der Waals surface area contributed by atoms with E-state index in [0.29, 0.717) is 0 Å². The van der Waals surface area contributed by atoms with Crippen molar-refractivity contribution in [2.45, 2.75) is 0 Å². The first-order valence-electron chi connectivity index (χ1n) is 14.6. The highest BCUT2D eigenvalue weighted by molar-refractivity contribution is 6.34. The second kappa shape index (κ2) is 9.37. The number of aromatic nitrogens is 1. The lowest BCUT2D eigenvalue weighted by molar-refractivity contribution is 0.672. The van der Waals surface area contributed by atoms with Gasteiger partial charge in [0.15, 0.2) is 5.58 Å². The van der Waals surface area contributed by atoms with E-state index >= 15 is 0 Å². The highest BCUT2D eigenvalue weighted by atomic mass is 16.3. The molecule has 0 saturated carbocycles. The van der Waals surface area contributed by atoms with Gasteiger partial charge >= 0.3 is 0 Å². The zero-order chi connectivity index (χ0) is 28.3. The van der Waals surface area contributed by atoms with Gasteiger partial charge < -0.3 is 14.3 Å². The van der Waals surface area contributed by atoms with Gasteiger partial charge in [-0.05, 0) is 70.4 Å². The van der Waals surface area contributed by atoms with E-state index in [4.69, 9.17) is 4.42 Å². The van der Waals surface area contributed by atoms with Gasteiger partial charge in [-0.15, -0.1) is 0 Å². The summed E-state index contributed by atoms with van der Waals surface area (Å²) in [4.78, 5) is 6.09. The van der Waals surface area contributed by atoms with Crippen molar-refractivity contribution >= 4 is 71.6 Å². The number of H-pyrrole nitrogens is 1. The maximum atomic E-state index is 6.74. The fourth-order valence-electron chi connectivity index (χ4n) is 6.65. The highest BCUT2D eigenvalue weighted by Crippen LogP contribution is 2.45. The summed E-state index contributed by atoms with van der Waals surface area (Å²) >= 11 is 0. The number of hydrogen-bond donors (Lipinski definition) is 1. The zero-order valence-corrected chi connectivity index (χ0v) is 23.3. The molecule has 0 amide bonds. The molecular formula is C40H26N2O. The molecule has 2 aromatic heterocycles. The summed E-state index contributed by atoms with van der Waals surface area (Å²) in [6.07, 6.45) is 0.